The number of carboxylic acids is 1. The smallest absolute Gasteiger partial charge is 0.317 e. The summed E-state index contributed by atoms with van der Waals surface area (Å²) in [6.07, 6.45) is 2.03. The maximum Gasteiger partial charge on any atom is 0.317 e. The number of carboxylic acid groups (broad SMARTS) is 1. The van der Waals surface area contributed by atoms with Gasteiger partial charge in [-0.1, -0.05) is 13.3 Å². The Kier molecular flexibility index (Phi) is 5.35. The first-order chi connectivity index (χ1) is 7.94. The van der Waals surface area contributed by atoms with E-state index in [2.05, 4.69) is 17.6 Å². The van der Waals surface area contributed by atoms with Crippen molar-refractivity contribution in [3.63, 3.8) is 0 Å². The number of sulfone groups is 1. The lowest BCUT2D eigenvalue weighted by atomic mass is 10.1. The van der Waals surface area contributed by atoms with Crippen LogP contribution in [0.2, 0.25) is 0 Å². The monoisotopic (exact) mass is 264 g/mol. The van der Waals surface area contributed by atoms with E-state index in [0.717, 1.165) is 19.4 Å². The lowest BCUT2D eigenvalue weighted by Crippen LogP contribution is -2.48. The Hall–Kier alpha value is -0.660. The van der Waals surface area contributed by atoms with E-state index in [1.807, 2.05) is 0 Å². The van der Waals surface area contributed by atoms with Gasteiger partial charge in [-0.15, -0.1) is 0 Å². The molecular weight excluding hydrogens is 244 g/mol. The zero-order chi connectivity index (χ0) is 12.9. The van der Waals surface area contributed by atoms with Gasteiger partial charge in [0.15, 0.2) is 9.84 Å². The summed E-state index contributed by atoms with van der Waals surface area (Å²) < 4.78 is 23.0. The topological polar surface area (TPSA) is 95.5 Å². The summed E-state index contributed by atoms with van der Waals surface area (Å²) in [6.45, 7) is 2.63. The molecule has 0 radical (unpaired) electrons. The zero-order valence-corrected chi connectivity index (χ0v) is 10.8. The van der Waals surface area contributed by atoms with Gasteiger partial charge >= 0.3 is 5.97 Å². The van der Waals surface area contributed by atoms with Crippen molar-refractivity contribution < 1.29 is 18.3 Å². The third-order valence-electron chi connectivity index (χ3n) is 2.81. The first-order valence-electron chi connectivity index (χ1n) is 5.83. The molecule has 17 heavy (non-hydrogen) atoms. The average Bonchev–Trinajstić information content (AvgIpc) is 2.51. The van der Waals surface area contributed by atoms with Crippen LogP contribution in [0.25, 0.3) is 0 Å². The molecule has 0 aromatic rings. The molecule has 0 bridgehead atoms. The van der Waals surface area contributed by atoms with Crippen LogP contribution >= 0.6 is 0 Å². The third kappa shape index (κ3) is 5.01. The van der Waals surface area contributed by atoms with E-state index < -0.39 is 15.8 Å². The Labute approximate surface area is 102 Å². The number of carbonyl (C=O) groups is 1. The highest BCUT2D eigenvalue weighted by molar-refractivity contribution is 7.91. The third-order valence-corrected chi connectivity index (χ3v) is 4.54. The summed E-state index contributed by atoms with van der Waals surface area (Å²) in [4.78, 5) is 10.5. The maximum atomic E-state index is 11.5. The largest absolute Gasteiger partial charge is 0.480 e. The minimum absolute atomic E-state index is 0.0179. The van der Waals surface area contributed by atoms with Crippen LogP contribution in [0.4, 0.5) is 0 Å². The second-order valence-electron chi connectivity index (χ2n) is 4.37. The highest BCUT2D eigenvalue weighted by Crippen LogP contribution is 2.12. The number of nitrogens with one attached hydrogen (secondary N) is 2. The van der Waals surface area contributed by atoms with Crippen LogP contribution in [0.15, 0.2) is 0 Å². The van der Waals surface area contributed by atoms with Crippen molar-refractivity contribution in [2.75, 3.05) is 24.6 Å². The predicted octanol–water partition coefficient (Wildman–Crippen LogP) is -0.784. The van der Waals surface area contributed by atoms with Gasteiger partial charge in [-0.05, 0) is 13.0 Å². The Balaban J connectivity index is 2.49. The van der Waals surface area contributed by atoms with E-state index in [1.165, 1.54) is 0 Å². The fourth-order valence-corrected chi connectivity index (χ4v) is 3.86. The van der Waals surface area contributed by atoms with Gasteiger partial charge in [0, 0.05) is 12.1 Å². The van der Waals surface area contributed by atoms with Crippen molar-refractivity contribution in [1.82, 2.24) is 10.6 Å². The molecule has 1 saturated heterocycles. The summed E-state index contributed by atoms with van der Waals surface area (Å²) in [5.41, 5.74) is 0. The molecule has 100 valence electrons. The Morgan fingerprint density at radius 1 is 1.29 bits per heavy atom. The van der Waals surface area contributed by atoms with Gasteiger partial charge in [0.2, 0.25) is 0 Å². The van der Waals surface area contributed by atoms with E-state index >= 15 is 0 Å². The van der Waals surface area contributed by atoms with Crippen molar-refractivity contribution in [1.29, 1.82) is 0 Å². The van der Waals surface area contributed by atoms with Crippen LogP contribution in [0.1, 0.15) is 19.8 Å². The molecule has 0 saturated carbocycles. The minimum atomic E-state index is -3.05. The fraction of sp³-hybridized carbons (Fsp3) is 0.900. The van der Waals surface area contributed by atoms with Crippen molar-refractivity contribution in [3.05, 3.63) is 0 Å². The molecular formula is C10H20N2O4S. The minimum Gasteiger partial charge on any atom is -0.480 e. The zero-order valence-electron chi connectivity index (χ0n) is 9.98. The van der Waals surface area contributed by atoms with Gasteiger partial charge < -0.3 is 15.7 Å². The van der Waals surface area contributed by atoms with Crippen LogP contribution in [0, 0.1) is 0 Å². The van der Waals surface area contributed by atoms with Gasteiger partial charge in [0.25, 0.3) is 0 Å². The summed E-state index contributed by atoms with van der Waals surface area (Å²) in [5, 5.41) is 14.5. The SMILES string of the molecule is CCCCN[C@@H]1CS(=O)(=O)C[C@@H]1NCC(=O)O. The standard InChI is InChI=1S/C10H20N2O4S/c1-2-3-4-11-8-6-17(15,16)7-9(8)12-5-10(13)14/h8-9,11-12H,2-7H2,1H3,(H,13,14)/t8-,9+/m1/s1. The van der Waals surface area contributed by atoms with Gasteiger partial charge in [0.05, 0.1) is 18.1 Å². The fourth-order valence-electron chi connectivity index (χ4n) is 1.93. The molecule has 2 atom stereocenters. The molecule has 1 rings (SSSR count). The van der Waals surface area contributed by atoms with Gasteiger partial charge in [-0.25, -0.2) is 8.42 Å². The molecule has 6 nitrogen and oxygen atoms in total. The van der Waals surface area contributed by atoms with Crippen LogP contribution in [-0.2, 0) is 14.6 Å². The normalized spacial score (nSPS) is 27.1. The van der Waals surface area contributed by atoms with Crippen molar-refractivity contribution in [2.45, 2.75) is 31.8 Å². The highest BCUT2D eigenvalue weighted by atomic mass is 32.2. The first-order valence-corrected chi connectivity index (χ1v) is 7.65. The van der Waals surface area contributed by atoms with Crippen LogP contribution in [-0.4, -0.2) is 56.2 Å². The Morgan fingerprint density at radius 2 is 1.88 bits per heavy atom. The molecule has 0 aromatic carbocycles. The van der Waals surface area contributed by atoms with Crippen molar-refractivity contribution in [2.24, 2.45) is 0 Å². The van der Waals surface area contributed by atoms with E-state index in [1.54, 1.807) is 0 Å². The van der Waals surface area contributed by atoms with Crippen molar-refractivity contribution >= 4 is 15.8 Å². The molecule has 0 aliphatic carbocycles. The molecule has 1 aliphatic heterocycles. The number of hydrogen-bond acceptors (Lipinski definition) is 5. The molecule has 7 heteroatoms. The molecule has 0 aromatic heterocycles. The molecule has 3 N–H and O–H groups in total. The van der Waals surface area contributed by atoms with E-state index in [0.29, 0.717) is 0 Å². The molecule has 1 aliphatic rings. The lowest BCUT2D eigenvalue weighted by Gasteiger charge is -2.19. The lowest BCUT2D eigenvalue weighted by molar-refractivity contribution is -0.136. The highest BCUT2D eigenvalue weighted by Gasteiger charge is 2.36. The van der Waals surface area contributed by atoms with Crippen LogP contribution in [0.5, 0.6) is 0 Å². The molecule has 1 fully saturated rings. The van der Waals surface area contributed by atoms with Crippen LogP contribution in [0.3, 0.4) is 0 Å². The molecule has 0 amide bonds. The van der Waals surface area contributed by atoms with Crippen molar-refractivity contribution in [3.8, 4) is 0 Å². The number of aliphatic carboxylic acids is 1. The van der Waals surface area contributed by atoms with E-state index in [9.17, 15) is 13.2 Å². The van der Waals surface area contributed by atoms with Crippen LogP contribution < -0.4 is 10.6 Å². The predicted molar refractivity (Wildman–Crippen MR) is 64.8 cm³/mol. The maximum absolute atomic E-state index is 11.5. The summed E-state index contributed by atoms with van der Waals surface area (Å²) in [5.74, 6) is -0.862. The Morgan fingerprint density at radius 3 is 2.41 bits per heavy atom. The second kappa shape index (κ2) is 6.32. The summed E-state index contributed by atoms with van der Waals surface area (Å²) in [7, 11) is -3.05. The van der Waals surface area contributed by atoms with E-state index in [-0.39, 0.29) is 30.1 Å². The quantitative estimate of drug-likeness (QED) is 0.522. The average molecular weight is 264 g/mol. The number of hydrogen-bond donors (Lipinski definition) is 3. The molecule has 0 spiro atoms. The second-order valence-corrected chi connectivity index (χ2v) is 6.53. The molecule has 1 heterocycles. The van der Waals surface area contributed by atoms with Gasteiger partial charge in [0.1, 0.15) is 0 Å². The summed E-state index contributed by atoms with van der Waals surface area (Å²) in [6, 6.07) is -0.473. The van der Waals surface area contributed by atoms with E-state index in [4.69, 9.17) is 5.11 Å². The van der Waals surface area contributed by atoms with Gasteiger partial charge in [-0.3, -0.25) is 4.79 Å². The Bertz CT molecular complexity index is 355. The number of rotatable bonds is 7. The summed E-state index contributed by atoms with van der Waals surface area (Å²) >= 11 is 0. The number of unbranched alkanes of at least 4 members (excludes halogenated alkanes) is 1. The first kappa shape index (κ1) is 14.4. The molecule has 0 unspecified atom stereocenters. The van der Waals surface area contributed by atoms with Gasteiger partial charge in [-0.2, -0.15) is 0 Å².